The van der Waals surface area contributed by atoms with Gasteiger partial charge in [0.2, 0.25) is 0 Å². The number of aromatic hydroxyl groups is 3. The fourth-order valence-electron chi connectivity index (χ4n) is 20.5. The normalized spacial score (nSPS) is 14.7. The molecule has 15 nitrogen and oxygen atoms in total. The number of phenolic OH excluding ortho intramolecular Hbond substituents is 3. The van der Waals surface area contributed by atoms with Crippen LogP contribution in [0, 0.1) is 13.8 Å². The molecule has 149 heavy (non-hydrogen) atoms. The second-order valence-corrected chi connectivity index (χ2v) is 94.7. The summed E-state index contributed by atoms with van der Waals surface area (Å²) in [5, 5.41) is 29.6. The fraction of sp³-hybridized carbons (Fsp3) is 0.214. The van der Waals surface area contributed by atoms with E-state index in [0.29, 0.717) is 16.9 Å². The molecule has 6 aliphatic rings. The minimum atomic E-state index is -2.72. The summed E-state index contributed by atoms with van der Waals surface area (Å²) in [6.07, 6.45) is 21.5. The van der Waals surface area contributed by atoms with Crippen molar-refractivity contribution < 1.29 is 43.7 Å². The number of benzene rings is 12. The number of halogens is 2. The Morgan fingerprint density at radius 3 is 1.01 bits per heavy atom. The number of carbonyl (C=O) groups excluding carboxylic acids is 5. The molecule has 766 valence electrons. The summed E-state index contributed by atoms with van der Waals surface area (Å²) >= 11 is -5.57. The second kappa shape index (κ2) is 47.3. The summed E-state index contributed by atoms with van der Waals surface area (Å²) in [5.74, 6) is 25.1. The number of aryl methyl sites for hydroxylation is 2. The minimum absolute atomic E-state index is 0.0186. The topological polar surface area (TPSA) is 220 Å². The van der Waals surface area contributed by atoms with Crippen LogP contribution >= 0.6 is 31.9 Å². The standard InChI is InChI=1S/C27H32GeN2O.C25H28Br2N2.C22H30GeO2Si.C22H20GeO2.C15H16GeN2O.C15H14GeO3/c1-7-15-29(16-8-2)21-11-13-23-25(19-21)28(5,6)26-20-22(12-14-24(26)27(23)31)30(17-9-3)18-10-4;1-5-13-28(14-6-2)22-11-9-20(24(26)18-22)17-21-10-12-23(19-25(21)27)29(15-7-3)16-8-4;1-15-9-11-17-19(13-15)23(5,6)20-14-16(10-12-18(20)21(17)24)25-26(7,8)22(2,3)4;1-14-6-4-5-7-17(14)22-18-10-8-15(24)12-20(18)23(2,3)21-13-16(25)9-11-19(21)22;2*1-16(2)13-7-9(17)3-5-11(13)15(19)12-6-4-10(18)8-14(12)16/h7-14,19-20H,1-4,15-18H2,5-6H3;5-12,18-19H,1-4,13-17H2;9-14H,1-8H3;4-13,24H,1-3H3;3-8H,17-18H2,1-2H3;3-8,17-18H,1-2H3. The van der Waals surface area contributed by atoms with Crippen LogP contribution < -0.4 is 75.1 Å². The summed E-state index contributed by atoms with van der Waals surface area (Å²) in [6.45, 7) is 52.6. The van der Waals surface area contributed by atoms with Crippen molar-refractivity contribution in [3.8, 4) is 23.0 Å². The van der Waals surface area contributed by atoms with E-state index < -0.39 is 74.6 Å². The molecule has 5 aliphatic heterocycles. The van der Waals surface area contributed by atoms with Gasteiger partial charge in [0.05, 0.1) is 0 Å². The SMILES string of the molecule is C=CCN(CC=C)c1ccc(Cc2ccc(N(CC=C)CC=C)cc2Br)c(Br)c1.C=CCN(CC=C)c1ccc2[c](c1)[Ge]([CH3])([CH3])[c]1cc(N(CC=C)CC=C)ccc1C2=O.Cc1ccc2[c](c1)[Ge]([CH3])([CH3])[c]1cc(O[Si](C)(C)C(C)(C)C)ccc1C2=O.Cc1ccccc1C1=C2C=CC(=O)C=[C]2[Ge]([CH3])([CH3])[c]2cc(O)ccc21.[CH3][Ge]1([CH3])[c]2cc(N)ccc2C(=O)c2ccc(N)c[c]21.[CH3][Ge]1([CH3])[c]2cc(O)ccc2C(=O)c2ccc(O)c[c]21. The Morgan fingerprint density at radius 1 is 0.349 bits per heavy atom. The molecule has 0 spiro atoms. The first kappa shape index (κ1) is 114. The van der Waals surface area contributed by atoms with Gasteiger partial charge in [-0.2, -0.15) is 0 Å². The molecular weight excluding hydrogens is 2290 g/mol. The van der Waals surface area contributed by atoms with Gasteiger partial charge in [-0.1, -0.05) is 68.3 Å². The van der Waals surface area contributed by atoms with Crippen LogP contribution in [-0.4, -0.2) is 171 Å². The van der Waals surface area contributed by atoms with E-state index in [2.05, 4.69) is 306 Å². The predicted octanol–water partition coefficient (Wildman–Crippen LogP) is 23.0. The summed E-state index contributed by atoms with van der Waals surface area (Å²) in [7, 11) is -1.90. The Hall–Kier alpha value is -12.0. The molecule has 23 heteroatoms. The molecule has 12 aromatic rings. The Kier molecular flexibility index (Phi) is 36.2. The van der Waals surface area contributed by atoms with Gasteiger partial charge in [0.1, 0.15) is 0 Å². The molecule has 18 rings (SSSR count). The molecule has 0 fully saturated rings. The van der Waals surface area contributed by atoms with Crippen LogP contribution in [0.25, 0.3) is 5.57 Å². The molecule has 0 radical (unpaired) electrons. The molecule has 0 atom stereocenters. The zero-order valence-corrected chi connectivity index (χ0v) is 104. The van der Waals surface area contributed by atoms with Gasteiger partial charge in [0.25, 0.3) is 0 Å². The van der Waals surface area contributed by atoms with Crippen molar-refractivity contribution in [1.29, 1.82) is 0 Å². The van der Waals surface area contributed by atoms with Crippen LogP contribution in [0.15, 0.2) is 363 Å². The molecular formula is C126H140Br2Ge5N6O9Si. The number of allylic oxidation sites excluding steroid dienone is 5. The number of phenols is 3. The van der Waals surface area contributed by atoms with E-state index in [0.717, 1.165) is 159 Å². The van der Waals surface area contributed by atoms with E-state index in [1.165, 1.54) is 70.9 Å². The van der Waals surface area contributed by atoms with Gasteiger partial charge >= 0.3 is 730 Å². The monoisotopic (exact) mass is 2440 g/mol. The Labute approximate surface area is 913 Å². The molecule has 5 heterocycles. The summed E-state index contributed by atoms with van der Waals surface area (Å²) in [6, 6.07) is 73.4. The van der Waals surface area contributed by atoms with Gasteiger partial charge in [-0.3, -0.25) is 0 Å². The molecule has 0 aromatic heterocycles. The van der Waals surface area contributed by atoms with Crippen LogP contribution in [-0.2, 0) is 11.2 Å². The van der Waals surface area contributed by atoms with Gasteiger partial charge in [0.15, 0.2) is 0 Å². The van der Waals surface area contributed by atoms with Gasteiger partial charge in [-0.25, -0.2) is 0 Å². The van der Waals surface area contributed by atoms with E-state index in [1.54, 1.807) is 60.7 Å². The number of fused-ring (bicyclic) bond motifs is 10. The quantitative estimate of drug-likeness (QED) is 0.0204. The maximum absolute atomic E-state index is 13.4. The van der Waals surface area contributed by atoms with Crippen molar-refractivity contribution >= 4 is 215 Å². The molecule has 7 N–H and O–H groups in total. The Morgan fingerprint density at radius 2 is 0.651 bits per heavy atom. The number of ketones is 5. The van der Waals surface area contributed by atoms with E-state index in [-0.39, 0.29) is 45.5 Å². The van der Waals surface area contributed by atoms with Crippen LogP contribution in [0.5, 0.6) is 23.0 Å². The third-order valence-electron chi connectivity index (χ3n) is 29.8. The van der Waals surface area contributed by atoms with Crippen LogP contribution in [0.4, 0.5) is 34.1 Å². The van der Waals surface area contributed by atoms with Crippen LogP contribution in [0.2, 0.25) is 75.7 Å². The van der Waals surface area contributed by atoms with Crippen LogP contribution in [0.3, 0.4) is 0 Å². The van der Waals surface area contributed by atoms with Crippen molar-refractivity contribution in [3.63, 3.8) is 0 Å². The summed E-state index contributed by atoms with van der Waals surface area (Å²) < 4.78 is 20.5. The van der Waals surface area contributed by atoms with Crippen molar-refractivity contribution in [2.45, 2.75) is 117 Å². The molecule has 0 saturated heterocycles. The number of hydrogen-bond acceptors (Lipinski definition) is 15. The molecule has 12 aromatic carbocycles. The number of nitrogen functional groups attached to an aromatic ring is 2. The second-order valence-electron chi connectivity index (χ2n) is 42.9. The molecule has 1 aliphatic carbocycles. The third-order valence-corrected chi connectivity index (χ3v) is 72.6. The summed E-state index contributed by atoms with van der Waals surface area (Å²) in [4.78, 5) is 72.5. The van der Waals surface area contributed by atoms with Crippen molar-refractivity contribution in [2.24, 2.45) is 0 Å². The number of nitrogens with zero attached hydrogens (tertiary/aromatic N) is 4. The van der Waals surface area contributed by atoms with Gasteiger partial charge in [-0.05, 0) is 41.8 Å². The molecule has 0 unspecified atom stereocenters. The van der Waals surface area contributed by atoms with Gasteiger partial charge < -0.3 is 9.80 Å². The molecule has 0 saturated carbocycles. The van der Waals surface area contributed by atoms with E-state index >= 15 is 0 Å². The van der Waals surface area contributed by atoms with Gasteiger partial charge in [0, 0.05) is 46.5 Å². The number of hydrogen-bond donors (Lipinski definition) is 5. The maximum atomic E-state index is 13.4. The van der Waals surface area contributed by atoms with Gasteiger partial charge in [-0.15, -0.1) is 26.3 Å². The van der Waals surface area contributed by atoms with Crippen molar-refractivity contribution in [3.05, 3.63) is 441 Å². The first-order valence-corrected chi connectivity index (χ1v) is 86.4. The average Bonchev–Trinajstić information content (AvgIpc) is 0.736. The van der Waals surface area contributed by atoms with E-state index in [4.69, 9.17) is 15.9 Å². The van der Waals surface area contributed by atoms with E-state index in [9.17, 15) is 39.3 Å². The molecule has 0 amide bonds. The van der Waals surface area contributed by atoms with Crippen molar-refractivity contribution in [2.75, 3.05) is 83.4 Å². The third kappa shape index (κ3) is 24.3. The number of carbonyl (C=O) groups is 5. The summed E-state index contributed by atoms with van der Waals surface area (Å²) in [5.41, 5.74) is 34.0. The Balaban J connectivity index is 0.000000150. The first-order valence-electron chi connectivity index (χ1n) is 50.4. The van der Waals surface area contributed by atoms with Crippen LogP contribution in [0.1, 0.15) is 118 Å². The zero-order chi connectivity index (χ0) is 109. The molecule has 0 bridgehead atoms. The van der Waals surface area contributed by atoms with Crippen molar-refractivity contribution in [1.82, 2.24) is 0 Å². The Bertz CT molecular complexity index is 7060. The number of rotatable bonds is 25. The first-order chi connectivity index (χ1) is 70.5. The number of nitrogens with two attached hydrogens (primary N) is 2. The number of anilines is 6. The fourth-order valence-corrected chi connectivity index (χ4v) is 54.8. The van der Waals surface area contributed by atoms with E-state index in [1.807, 2.05) is 134 Å². The zero-order valence-electron chi connectivity index (χ0n) is 89.2. The average molecular weight is 2430 g/mol. The predicted molar refractivity (Wildman–Crippen MR) is 653 cm³/mol.